The molecule has 2 fully saturated rings. The molecule has 1 aromatic carbocycles. The van der Waals surface area contributed by atoms with Crippen molar-refractivity contribution in [3.63, 3.8) is 0 Å². The average molecular weight is 290 g/mol. The molecule has 0 radical (unpaired) electrons. The van der Waals surface area contributed by atoms with E-state index in [0.29, 0.717) is 18.5 Å². The van der Waals surface area contributed by atoms with Gasteiger partial charge in [0.1, 0.15) is 12.1 Å². The quantitative estimate of drug-likeness (QED) is 0.795. The molecule has 2 saturated heterocycles. The third-order valence-corrected chi connectivity index (χ3v) is 4.45. The summed E-state index contributed by atoms with van der Waals surface area (Å²) in [5.41, 5.74) is -1.86. The van der Waals surface area contributed by atoms with Crippen LogP contribution in [-0.4, -0.2) is 57.2 Å². The van der Waals surface area contributed by atoms with E-state index in [4.69, 9.17) is 0 Å². The van der Waals surface area contributed by atoms with Gasteiger partial charge < -0.3 is 20.0 Å². The maximum absolute atomic E-state index is 12.6. The van der Waals surface area contributed by atoms with Crippen molar-refractivity contribution in [2.75, 3.05) is 13.6 Å². The number of benzene rings is 1. The first-order valence-electron chi connectivity index (χ1n) is 7.02. The van der Waals surface area contributed by atoms with Crippen molar-refractivity contribution in [1.82, 2.24) is 9.80 Å². The molecule has 0 saturated carbocycles. The van der Waals surface area contributed by atoms with Gasteiger partial charge in [0.25, 0.3) is 11.6 Å². The summed E-state index contributed by atoms with van der Waals surface area (Å²) in [6.07, 6.45) is -0.151. The van der Waals surface area contributed by atoms with Crippen LogP contribution in [0.15, 0.2) is 30.3 Å². The molecule has 2 amide bonds. The minimum atomic E-state index is -2.25. The van der Waals surface area contributed by atoms with Gasteiger partial charge in [-0.25, -0.2) is 0 Å². The summed E-state index contributed by atoms with van der Waals surface area (Å²) in [4.78, 5) is 27.4. The molecular weight excluding hydrogens is 272 g/mol. The van der Waals surface area contributed by atoms with Gasteiger partial charge in [0.05, 0.1) is 0 Å². The predicted octanol–water partition coefficient (Wildman–Crippen LogP) is -0.128. The van der Waals surface area contributed by atoms with Crippen molar-refractivity contribution in [3.8, 4) is 0 Å². The molecule has 2 aliphatic heterocycles. The number of nitrogens with zero attached hydrogens (tertiary/aromatic N) is 2. The standard InChI is InChI=1S/C15H18N2O4/c1-16-13(19)11-8-5-9-17(11)14(20)15(16,21)12(18)10-6-3-2-4-7-10/h2-4,6-7,11-12,18,21H,5,8-9H2,1H3/t11-,12-,15?/m0/s1. The van der Waals surface area contributed by atoms with E-state index in [1.165, 1.54) is 11.9 Å². The van der Waals surface area contributed by atoms with E-state index in [9.17, 15) is 19.8 Å². The summed E-state index contributed by atoms with van der Waals surface area (Å²) >= 11 is 0. The van der Waals surface area contributed by atoms with E-state index in [2.05, 4.69) is 0 Å². The smallest absolute Gasteiger partial charge is 0.279 e. The molecule has 0 bridgehead atoms. The van der Waals surface area contributed by atoms with Gasteiger partial charge in [-0.2, -0.15) is 0 Å². The van der Waals surface area contributed by atoms with Crippen LogP contribution in [0.3, 0.4) is 0 Å². The first kappa shape index (κ1) is 14.0. The maximum Gasteiger partial charge on any atom is 0.279 e. The Kier molecular flexibility index (Phi) is 3.22. The first-order valence-corrected chi connectivity index (χ1v) is 7.02. The predicted molar refractivity (Wildman–Crippen MR) is 73.9 cm³/mol. The van der Waals surface area contributed by atoms with Crippen molar-refractivity contribution in [2.45, 2.75) is 30.7 Å². The highest BCUT2D eigenvalue weighted by molar-refractivity contribution is 5.99. The fraction of sp³-hybridized carbons (Fsp3) is 0.467. The molecule has 2 heterocycles. The molecule has 21 heavy (non-hydrogen) atoms. The number of hydrogen-bond acceptors (Lipinski definition) is 4. The number of amides is 2. The molecule has 112 valence electrons. The van der Waals surface area contributed by atoms with Crippen molar-refractivity contribution in [3.05, 3.63) is 35.9 Å². The van der Waals surface area contributed by atoms with Crippen LogP contribution in [-0.2, 0) is 9.59 Å². The Bertz CT molecular complexity index is 576. The van der Waals surface area contributed by atoms with Gasteiger partial charge in [0, 0.05) is 13.6 Å². The van der Waals surface area contributed by atoms with Gasteiger partial charge in [-0.15, -0.1) is 0 Å². The number of fused-ring (bicyclic) bond motifs is 1. The molecule has 1 unspecified atom stereocenters. The summed E-state index contributed by atoms with van der Waals surface area (Å²) in [6, 6.07) is 7.90. The molecule has 3 atom stereocenters. The topological polar surface area (TPSA) is 81.1 Å². The number of rotatable bonds is 2. The van der Waals surface area contributed by atoms with Crippen LogP contribution in [0.5, 0.6) is 0 Å². The number of aliphatic hydroxyl groups is 2. The minimum absolute atomic E-state index is 0.329. The molecule has 0 aliphatic carbocycles. The molecule has 0 spiro atoms. The second-order valence-corrected chi connectivity index (χ2v) is 5.59. The molecule has 1 aromatic rings. The van der Waals surface area contributed by atoms with Crippen molar-refractivity contribution in [2.24, 2.45) is 0 Å². The van der Waals surface area contributed by atoms with Gasteiger partial charge in [0.15, 0.2) is 0 Å². The Morgan fingerprint density at radius 1 is 1.29 bits per heavy atom. The largest absolute Gasteiger partial charge is 0.383 e. The summed E-state index contributed by atoms with van der Waals surface area (Å²) in [5, 5.41) is 21.3. The zero-order chi connectivity index (χ0) is 15.2. The number of aliphatic hydroxyl groups excluding tert-OH is 1. The highest BCUT2D eigenvalue weighted by Gasteiger charge is 2.59. The number of hydrogen-bond donors (Lipinski definition) is 2. The highest BCUT2D eigenvalue weighted by Crippen LogP contribution is 2.37. The summed E-state index contributed by atoms with van der Waals surface area (Å²) < 4.78 is 0. The molecule has 2 N–H and O–H groups in total. The SMILES string of the molecule is CN1C(=O)[C@@H]2CCCN2C(=O)C1(O)[C@@H](O)c1ccccc1. The summed E-state index contributed by atoms with van der Waals surface area (Å²) in [7, 11) is 1.36. The molecule has 6 heteroatoms. The third-order valence-electron chi connectivity index (χ3n) is 4.45. The monoisotopic (exact) mass is 290 g/mol. The van der Waals surface area contributed by atoms with Crippen LogP contribution in [0.25, 0.3) is 0 Å². The van der Waals surface area contributed by atoms with Crippen LogP contribution >= 0.6 is 0 Å². The van der Waals surface area contributed by atoms with Gasteiger partial charge in [-0.1, -0.05) is 30.3 Å². The second kappa shape index (κ2) is 4.82. The lowest BCUT2D eigenvalue weighted by Crippen LogP contribution is -2.71. The Hall–Kier alpha value is -1.92. The molecule has 6 nitrogen and oxygen atoms in total. The van der Waals surface area contributed by atoms with Crippen LogP contribution < -0.4 is 0 Å². The van der Waals surface area contributed by atoms with Gasteiger partial charge in [-0.3, -0.25) is 9.59 Å². The maximum atomic E-state index is 12.6. The van der Waals surface area contributed by atoms with E-state index >= 15 is 0 Å². The molecule has 0 aromatic heterocycles. The van der Waals surface area contributed by atoms with Gasteiger partial charge in [-0.05, 0) is 18.4 Å². The number of carbonyl (C=O) groups is 2. The lowest BCUT2D eigenvalue weighted by Gasteiger charge is -2.47. The lowest BCUT2D eigenvalue weighted by atomic mass is 9.92. The number of likely N-dealkylation sites (N-methyl/N-ethyl adjacent to an activating group) is 1. The molecule has 2 aliphatic rings. The van der Waals surface area contributed by atoms with Crippen LogP contribution in [0, 0.1) is 0 Å². The van der Waals surface area contributed by atoms with E-state index < -0.39 is 23.8 Å². The summed E-state index contributed by atoms with van der Waals surface area (Å²) in [6.45, 7) is 0.437. The average Bonchev–Trinajstić information content (AvgIpc) is 3.00. The highest BCUT2D eigenvalue weighted by atomic mass is 16.4. The Morgan fingerprint density at radius 2 is 1.95 bits per heavy atom. The van der Waals surface area contributed by atoms with E-state index in [-0.39, 0.29) is 5.91 Å². The zero-order valence-electron chi connectivity index (χ0n) is 11.8. The van der Waals surface area contributed by atoms with Crippen LogP contribution in [0.2, 0.25) is 0 Å². The molecule has 3 rings (SSSR count). The minimum Gasteiger partial charge on any atom is -0.383 e. The van der Waals surface area contributed by atoms with E-state index in [1.807, 2.05) is 0 Å². The number of piperazine rings is 1. The van der Waals surface area contributed by atoms with E-state index in [1.54, 1.807) is 30.3 Å². The van der Waals surface area contributed by atoms with Gasteiger partial charge >= 0.3 is 0 Å². The van der Waals surface area contributed by atoms with Crippen LogP contribution in [0.4, 0.5) is 0 Å². The Labute approximate surface area is 122 Å². The molecular formula is C15H18N2O4. The fourth-order valence-electron chi connectivity index (χ4n) is 3.18. The zero-order valence-corrected chi connectivity index (χ0v) is 11.8. The van der Waals surface area contributed by atoms with Gasteiger partial charge in [0.2, 0.25) is 5.91 Å². The van der Waals surface area contributed by atoms with Crippen molar-refractivity contribution in [1.29, 1.82) is 0 Å². The van der Waals surface area contributed by atoms with Crippen LogP contribution in [0.1, 0.15) is 24.5 Å². The Balaban J connectivity index is 2.02. The number of carbonyl (C=O) groups excluding carboxylic acids is 2. The third kappa shape index (κ3) is 1.86. The van der Waals surface area contributed by atoms with E-state index in [0.717, 1.165) is 11.3 Å². The second-order valence-electron chi connectivity index (χ2n) is 5.59. The Morgan fingerprint density at radius 3 is 2.62 bits per heavy atom. The normalized spacial score (nSPS) is 30.5. The summed E-state index contributed by atoms with van der Waals surface area (Å²) in [5.74, 6) is -0.937. The van der Waals surface area contributed by atoms with Crippen molar-refractivity contribution < 1.29 is 19.8 Å². The fourth-order valence-corrected chi connectivity index (χ4v) is 3.18. The lowest BCUT2D eigenvalue weighted by molar-refractivity contribution is -0.216. The first-order chi connectivity index (χ1) is 9.98. The van der Waals surface area contributed by atoms with Crippen molar-refractivity contribution >= 4 is 11.8 Å².